The summed E-state index contributed by atoms with van der Waals surface area (Å²) >= 11 is 0. The molecular formula is C23H26F3N3O2. The van der Waals surface area contributed by atoms with Crippen molar-refractivity contribution in [2.75, 3.05) is 51.3 Å². The van der Waals surface area contributed by atoms with Crippen LogP contribution in [0.5, 0.6) is 0 Å². The maximum Gasteiger partial charge on any atom is 0.417 e. The minimum atomic E-state index is -4.58. The monoisotopic (exact) mass is 433 g/mol. The highest BCUT2D eigenvalue weighted by Crippen LogP contribution is 2.33. The van der Waals surface area contributed by atoms with Crippen LogP contribution in [0, 0.1) is 0 Å². The molecule has 0 aliphatic carbocycles. The molecule has 166 valence electrons. The van der Waals surface area contributed by atoms with Gasteiger partial charge in [-0.2, -0.15) is 13.2 Å². The highest BCUT2D eigenvalue weighted by atomic mass is 19.4. The van der Waals surface area contributed by atoms with Crippen molar-refractivity contribution in [1.82, 2.24) is 10.2 Å². The summed E-state index contributed by atoms with van der Waals surface area (Å²) in [5, 5.41) is 2.75. The Labute approximate surface area is 179 Å². The maximum atomic E-state index is 13.3. The zero-order valence-electron chi connectivity index (χ0n) is 17.4. The quantitative estimate of drug-likeness (QED) is 0.784. The Morgan fingerprint density at radius 3 is 2.61 bits per heavy atom. The molecule has 2 aromatic rings. The van der Waals surface area contributed by atoms with E-state index in [1.165, 1.54) is 29.4 Å². The number of halogens is 3. The lowest BCUT2D eigenvalue weighted by atomic mass is 10.00. The van der Waals surface area contributed by atoms with Crippen LogP contribution in [-0.2, 0) is 17.3 Å². The highest BCUT2D eigenvalue weighted by molar-refractivity contribution is 5.95. The van der Waals surface area contributed by atoms with E-state index in [0.717, 1.165) is 24.6 Å². The fraction of sp³-hybridized carbons (Fsp3) is 0.435. The topological polar surface area (TPSA) is 44.8 Å². The number of rotatable bonds is 5. The summed E-state index contributed by atoms with van der Waals surface area (Å²) in [4.78, 5) is 17.1. The summed E-state index contributed by atoms with van der Waals surface area (Å²) < 4.78 is 45.4. The predicted octanol–water partition coefficient (Wildman–Crippen LogP) is 3.50. The van der Waals surface area contributed by atoms with Gasteiger partial charge < -0.3 is 15.0 Å². The molecule has 8 heteroatoms. The van der Waals surface area contributed by atoms with Crippen LogP contribution in [0.25, 0.3) is 0 Å². The van der Waals surface area contributed by atoms with E-state index in [1.807, 2.05) is 0 Å². The van der Waals surface area contributed by atoms with Crippen molar-refractivity contribution in [2.45, 2.75) is 18.6 Å². The lowest BCUT2D eigenvalue weighted by Crippen LogP contribution is -2.44. The molecule has 2 aliphatic rings. The molecule has 1 amide bonds. The number of benzene rings is 2. The van der Waals surface area contributed by atoms with Crippen LogP contribution in [0.3, 0.4) is 0 Å². The maximum absolute atomic E-state index is 13.3. The minimum Gasteiger partial charge on any atom is -0.379 e. The van der Waals surface area contributed by atoms with Gasteiger partial charge in [-0.15, -0.1) is 0 Å². The first-order valence-corrected chi connectivity index (χ1v) is 10.4. The van der Waals surface area contributed by atoms with Gasteiger partial charge in [0, 0.05) is 38.9 Å². The van der Waals surface area contributed by atoms with Crippen LogP contribution in [-0.4, -0.2) is 57.2 Å². The number of ether oxygens (including phenoxy) is 1. The van der Waals surface area contributed by atoms with Crippen LogP contribution in [0.2, 0.25) is 0 Å². The molecule has 1 saturated heterocycles. The van der Waals surface area contributed by atoms with Gasteiger partial charge >= 0.3 is 6.18 Å². The van der Waals surface area contributed by atoms with Gasteiger partial charge in [0.05, 0.1) is 30.4 Å². The van der Waals surface area contributed by atoms with Gasteiger partial charge in [-0.05, 0) is 35.7 Å². The number of anilines is 1. The van der Waals surface area contributed by atoms with Crippen molar-refractivity contribution in [1.29, 1.82) is 0 Å². The van der Waals surface area contributed by atoms with Crippen LogP contribution in [0.4, 0.5) is 18.9 Å². The van der Waals surface area contributed by atoms with E-state index in [-0.39, 0.29) is 18.2 Å². The Kier molecular flexibility index (Phi) is 6.20. The molecule has 0 aromatic heterocycles. The molecule has 0 unspecified atom stereocenters. The Balaban J connectivity index is 1.56. The number of hydrogen-bond acceptors (Lipinski definition) is 4. The van der Waals surface area contributed by atoms with E-state index < -0.39 is 17.6 Å². The minimum absolute atomic E-state index is 0.137. The second kappa shape index (κ2) is 8.88. The lowest BCUT2D eigenvalue weighted by molar-refractivity contribution is -0.137. The molecule has 2 heterocycles. The number of alkyl halides is 3. The second-order valence-electron chi connectivity index (χ2n) is 7.98. The Hall–Kier alpha value is -2.58. The van der Waals surface area contributed by atoms with Crippen molar-refractivity contribution in [3.63, 3.8) is 0 Å². The van der Waals surface area contributed by atoms with Crippen molar-refractivity contribution < 1.29 is 22.7 Å². The molecule has 1 N–H and O–H groups in total. The van der Waals surface area contributed by atoms with Crippen molar-refractivity contribution in [3.05, 3.63) is 64.7 Å². The zero-order chi connectivity index (χ0) is 22.0. The van der Waals surface area contributed by atoms with Gasteiger partial charge in [-0.1, -0.05) is 24.3 Å². The smallest absolute Gasteiger partial charge is 0.379 e. The molecule has 5 nitrogen and oxygen atoms in total. The molecular weight excluding hydrogens is 407 g/mol. The lowest BCUT2D eigenvalue weighted by Gasteiger charge is -2.35. The highest BCUT2D eigenvalue weighted by Gasteiger charge is 2.35. The number of hydrogen-bond donors (Lipinski definition) is 1. The number of carbonyl (C=O) groups excluding carboxylic acids is 1. The third kappa shape index (κ3) is 4.70. The summed E-state index contributed by atoms with van der Waals surface area (Å²) in [6.45, 7) is 3.78. The normalized spacial score (nSPS) is 18.0. The third-order valence-electron chi connectivity index (χ3n) is 6.04. The van der Waals surface area contributed by atoms with E-state index in [9.17, 15) is 18.0 Å². The molecule has 31 heavy (non-hydrogen) atoms. The van der Waals surface area contributed by atoms with Crippen molar-refractivity contribution >= 4 is 11.6 Å². The van der Waals surface area contributed by atoms with E-state index >= 15 is 0 Å². The summed E-state index contributed by atoms with van der Waals surface area (Å²) in [5.41, 5.74) is 2.24. The van der Waals surface area contributed by atoms with E-state index in [4.69, 9.17) is 4.74 Å². The molecule has 2 aliphatic heterocycles. The Morgan fingerprint density at radius 1 is 1.13 bits per heavy atom. The number of amides is 1. The Bertz CT molecular complexity index is 942. The summed E-state index contributed by atoms with van der Waals surface area (Å²) in [7, 11) is 2.06. The van der Waals surface area contributed by atoms with Crippen molar-refractivity contribution in [2.24, 2.45) is 0 Å². The molecule has 1 fully saturated rings. The van der Waals surface area contributed by atoms with Gasteiger partial charge in [0.2, 0.25) is 0 Å². The van der Waals surface area contributed by atoms with Crippen LogP contribution in [0.1, 0.15) is 33.1 Å². The van der Waals surface area contributed by atoms with E-state index in [2.05, 4.69) is 40.4 Å². The van der Waals surface area contributed by atoms with Crippen molar-refractivity contribution in [3.8, 4) is 0 Å². The Morgan fingerprint density at radius 2 is 1.87 bits per heavy atom. The number of nitrogens with zero attached hydrogens (tertiary/aromatic N) is 2. The average Bonchev–Trinajstić information content (AvgIpc) is 3.14. The first-order chi connectivity index (χ1) is 14.8. The molecule has 0 spiro atoms. The standard InChI is InChI=1S/C23H26F3N3O2/c1-28-9-8-17-14-16(6-7-20(17)28)21(29-10-12-31-13-11-29)15-27-22(30)18-4-2-3-5-19(18)23(24,25)26/h2-7,14,21H,8-13,15H2,1H3,(H,27,30)/t21-/m0/s1. The van der Waals surface area contributed by atoms with Crippen LogP contribution in [0.15, 0.2) is 42.5 Å². The zero-order valence-corrected chi connectivity index (χ0v) is 17.4. The largest absolute Gasteiger partial charge is 0.417 e. The number of fused-ring (bicyclic) bond motifs is 1. The molecule has 2 aromatic carbocycles. The molecule has 0 bridgehead atoms. The number of likely N-dealkylation sites (N-methyl/N-ethyl adjacent to an activating group) is 1. The first kappa shape index (κ1) is 21.6. The molecule has 4 rings (SSSR count). The summed E-state index contributed by atoms with van der Waals surface area (Å²) in [6, 6.07) is 11.1. The number of nitrogens with one attached hydrogen (secondary N) is 1. The van der Waals surface area contributed by atoms with Crippen LogP contribution >= 0.6 is 0 Å². The SMILES string of the molecule is CN1CCc2cc([C@H](CNC(=O)c3ccccc3C(F)(F)F)N3CCOCC3)ccc21. The second-order valence-corrected chi connectivity index (χ2v) is 7.98. The fourth-order valence-corrected chi connectivity index (χ4v) is 4.35. The molecule has 0 saturated carbocycles. The first-order valence-electron chi connectivity index (χ1n) is 10.4. The number of morpholine rings is 1. The van der Waals surface area contributed by atoms with Gasteiger partial charge in [0.25, 0.3) is 5.91 Å². The molecule has 1 atom stereocenters. The molecule has 0 radical (unpaired) electrons. The van der Waals surface area contributed by atoms with Gasteiger partial charge in [-0.3, -0.25) is 9.69 Å². The van der Waals surface area contributed by atoms with E-state index in [0.29, 0.717) is 26.3 Å². The predicted molar refractivity (Wildman–Crippen MR) is 112 cm³/mol. The van der Waals surface area contributed by atoms with Gasteiger partial charge in [0.1, 0.15) is 0 Å². The average molecular weight is 433 g/mol. The van der Waals surface area contributed by atoms with E-state index in [1.54, 1.807) is 0 Å². The van der Waals surface area contributed by atoms with Crippen LogP contribution < -0.4 is 10.2 Å². The summed E-state index contributed by atoms with van der Waals surface area (Å²) in [6.07, 6.45) is -3.62. The van der Waals surface area contributed by atoms with Gasteiger partial charge in [0.15, 0.2) is 0 Å². The third-order valence-corrected chi connectivity index (χ3v) is 6.04. The van der Waals surface area contributed by atoms with Gasteiger partial charge in [-0.25, -0.2) is 0 Å². The summed E-state index contributed by atoms with van der Waals surface area (Å²) in [5.74, 6) is -0.716. The fourth-order valence-electron chi connectivity index (χ4n) is 4.35. The number of carbonyl (C=O) groups is 1.